The molecule has 1 saturated carbocycles. The maximum Gasteiger partial charge on any atom is 0.243 e. The van der Waals surface area contributed by atoms with Gasteiger partial charge in [0.15, 0.2) is 12.0 Å². The minimum atomic E-state index is -3.46. The van der Waals surface area contributed by atoms with Gasteiger partial charge in [-0.05, 0) is 55.5 Å². The minimum absolute atomic E-state index is 0.277. The van der Waals surface area contributed by atoms with Gasteiger partial charge in [0.25, 0.3) is 0 Å². The van der Waals surface area contributed by atoms with E-state index < -0.39 is 28.0 Å². The second-order valence-corrected chi connectivity index (χ2v) is 12.5. The van der Waals surface area contributed by atoms with Crippen LogP contribution in [0.1, 0.15) is 55.2 Å². The monoisotopic (exact) mass is 527 g/mol. The molecule has 1 atom stereocenters. The number of hydrogen-bond acceptors (Lipinski definition) is 8. The molecule has 0 amide bonds. The van der Waals surface area contributed by atoms with E-state index in [9.17, 15) is 23.2 Å². The van der Waals surface area contributed by atoms with Crippen LogP contribution in [0.3, 0.4) is 0 Å². The molecule has 4 heterocycles. The predicted molar refractivity (Wildman–Crippen MR) is 135 cm³/mol. The van der Waals surface area contributed by atoms with Crippen LogP contribution in [0.2, 0.25) is 0 Å². The predicted octanol–water partition coefficient (Wildman–Crippen LogP) is 2.53. The van der Waals surface area contributed by atoms with Crippen LogP contribution in [0.5, 0.6) is 0 Å². The molecular weight excluding hydrogens is 497 g/mol. The maximum absolute atomic E-state index is 13.4. The van der Waals surface area contributed by atoms with Crippen molar-refractivity contribution in [3.63, 3.8) is 0 Å². The van der Waals surface area contributed by atoms with Crippen molar-refractivity contribution in [1.82, 2.24) is 24.3 Å². The van der Waals surface area contributed by atoms with Gasteiger partial charge in [0, 0.05) is 44.6 Å². The lowest BCUT2D eigenvalue weighted by Crippen LogP contribution is -2.55. The Balaban J connectivity index is 1.34. The number of hydrogen-bond donors (Lipinski definition) is 3. The molecule has 1 aromatic carbocycles. The molecule has 0 radical (unpaired) electrons. The van der Waals surface area contributed by atoms with Crippen LogP contribution in [0, 0.1) is 11.3 Å². The van der Waals surface area contributed by atoms with Crippen LogP contribution in [-0.4, -0.2) is 64.9 Å². The number of aliphatic hydroxyl groups is 1. The second-order valence-electron chi connectivity index (χ2n) is 10.5. The second kappa shape index (κ2) is 8.80. The van der Waals surface area contributed by atoms with Crippen LogP contribution in [0.4, 0.5) is 15.9 Å². The van der Waals surface area contributed by atoms with Gasteiger partial charge in [0.2, 0.25) is 10.0 Å². The lowest BCUT2D eigenvalue weighted by molar-refractivity contribution is -0.00410. The molecule has 1 saturated heterocycles. The van der Waals surface area contributed by atoms with Crippen molar-refractivity contribution in [3.05, 3.63) is 41.2 Å². The standard InChI is InChI=1S/C25H30FN7O3S/c1-31-13-16-12-18(2-3-21(16)37(31,35)36)29-23-22-20(6-11-28-24(22)34)33(30-23)25(9-10-27)7-4-19(5-8-25)32-14-17(26)15-32/h2-3,6,11-12,17,19,24,28,34H,4-5,7-9,13-15H2,1H3,(H,29,30). The van der Waals surface area contributed by atoms with Crippen molar-refractivity contribution in [2.45, 2.75) is 67.5 Å². The quantitative estimate of drug-likeness (QED) is 0.542. The van der Waals surface area contributed by atoms with E-state index in [0.717, 1.165) is 31.4 Å². The number of nitrogens with zero attached hydrogens (tertiary/aromatic N) is 5. The summed E-state index contributed by atoms with van der Waals surface area (Å²) in [5.74, 6) is 0.455. The summed E-state index contributed by atoms with van der Waals surface area (Å²) in [6, 6.07) is 7.74. The zero-order valence-electron chi connectivity index (χ0n) is 20.6. The number of anilines is 2. The molecule has 3 N–H and O–H groups in total. The van der Waals surface area contributed by atoms with Crippen LogP contribution in [0.25, 0.3) is 6.08 Å². The molecule has 3 aliphatic heterocycles. The van der Waals surface area contributed by atoms with Crippen molar-refractivity contribution in [1.29, 1.82) is 5.26 Å². The van der Waals surface area contributed by atoms with Gasteiger partial charge in [0.1, 0.15) is 6.17 Å². The Bertz CT molecular complexity index is 1400. The molecule has 0 bridgehead atoms. The zero-order valence-corrected chi connectivity index (χ0v) is 21.4. The van der Waals surface area contributed by atoms with E-state index in [2.05, 4.69) is 21.6 Å². The number of alkyl halides is 1. The van der Waals surface area contributed by atoms with Gasteiger partial charge in [0.05, 0.1) is 34.2 Å². The Morgan fingerprint density at radius 2 is 2.08 bits per heavy atom. The van der Waals surface area contributed by atoms with E-state index in [1.807, 2.05) is 10.8 Å². The summed E-state index contributed by atoms with van der Waals surface area (Å²) in [6.07, 6.45) is 5.24. The molecule has 37 heavy (non-hydrogen) atoms. The van der Waals surface area contributed by atoms with Gasteiger partial charge in [-0.2, -0.15) is 14.7 Å². The van der Waals surface area contributed by atoms with Gasteiger partial charge in [-0.15, -0.1) is 0 Å². The van der Waals surface area contributed by atoms with Gasteiger partial charge < -0.3 is 15.7 Å². The Morgan fingerprint density at radius 1 is 1.32 bits per heavy atom. The first-order valence-electron chi connectivity index (χ1n) is 12.6. The van der Waals surface area contributed by atoms with Crippen molar-refractivity contribution in [2.75, 3.05) is 25.5 Å². The average Bonchev–Trinajstić information content (AvgIpc) is 3.33. The molecule has 6 rings (SSSR count). The Labute approximate surface area is 215 Å². The summed E-state index contributed by atoms with van der Waals surface area (Å²) >= 11 is 0. The Morgan fingerprint density at radius 3 is 2.78 bits per heavy atom. The molecular formula is C25H30FN7O3S. The first kappa shape index (κ1) is 24.4. The fraction of sp³-hybridized carbons (Fsp3) is 0.520. The highest BCUT2D eigenvalue weighted by molar-refractivity contribution is 7.89. The number of rotatable bonds is 5. The third kappa shape index (κ3) is 3.92. The molecule has 4 aliphatic rings. The number of nitriles is 1. The van der Waals surface area contributed by atoms with E-state index >= 15 is 0 Å². The van der Waals surface area contributed by atoms with Crippen LogP contribution in [0.15, 0.2) is 29.3 Å². The highest BCUT2D eigenvalue weighted by atomic mass is 32.2. The summed E-state index contributed by atoms with van der Waals surface area (Å²) in [5.41, 5.74) is 2.13. The number of benzene rings is 1. The minimum Gasteiger partial charge on any atom is -0.369 e. The van der Waals surface area contributed by atoms with E-state index in [-0.39, 0.29) is 6.42 Å². The normalized spacial score (nSPS) is 29.1. The SMILES string of the molecule is CN1Cc2cc(Nc3nn(C4(CC#N)CCC(N5CC(F)C5)CC4)c4c3C(O)NC=C4)ccc2S1(=O)=O. The third-order valence-corrected chi connectivity index (χ3v) is 10.2. The first-order chi connectivity index (χ1) is 17.7. The number of likely N-dealkylation sites (tertiary alicyclic amines) is 1. The number of sulfonamides is 1. The van der Waals surface area contributed by atoms with Crippen molar-refractivity contribution < 1.29 is 17.9 Å². The molecule has 0 spiro atoms. The molecule has 1 unspecified atom stereocenters. The molecule has 1 aromatic heterocycles. The largest absolute Gasteiger partial charge is 0.369 e. The third-order valence-electron chi connectivity index (χ3n) is 8.26. The summed E-state index contributed by atoms with van der Waals surface area (Å²) in [7, 11) is -1.91. The Kier molecular flexibility index (Phi) is 5.80. The van der Waals surface area contributed by atoms with Gasteiger partial charge in [-0.1, -0.05) is 0 Å². The highest BCUT2D eigenvalue weighted by Crippen LogP contribution is 2.44. The molecule has 2 aromatic rings. The van der Waals surface area contributed by atoms with E-state index in [1.165, 1.54) is 4.31 Å². The van der Waals surface area contributed by atoms with Crippen LogP contribution in [-0.2, 0) is 22.1 Å². The molecule has 196 valence electrons. The van der Waals surface area contributed by atoms with Crippen molar-refractivity contribution in [3.8, 4) is 6.07 Å². The zero-order chi connectivity index (χ0) is 25.9. The number of aliphatic hydroxyl groups excluding tert-OH is 1. The summed E-state index contributed by atoms with van der Waals surface area (Å²) in [6.45, 7) is 1.26. The molecule has 12 heteroatoms. The molecule has 2 fully saturated rings. The van der Waals surface area contributed by atoms with Crippen molar-refractivity contribution >= 4 is 27.6 Å². The summed E-state index contributed by atoms with van der Waals surface area (Å²) < 4.78 is 41.5. The van der Waals surface area contributed by atoms with Gasteiger partial charge >= 0.3 is 0 Å². The lowest BCUT2D eigenvalue weighted by atomic mass is 9.76. The average molecular weight is 528 g/mol. The molecule has 1 aliphatic carbocycles. The smallest absolute Gasteiger partial charge is 0.243 e. The highest BCUT2D eigenvalue weighted by Gasteiger charge is 2.44. The molecule has 10 nitrogen and oxygen atoms in total. The first-order valence-corrected chi connectivity index (χ1v) is 14.0. The van der Waals surface area contributed by atoms with Gasteiger partial charge in [-0.3, -0.25) is 9.58 Å². The topological polar surface area (TPSA) is 127 Å². The van der Waals surface area contributed by atoms with E-state index in [1.54, 1.807) is 31.4 Å². The number of nitrogens with one attached hydrogen (secondary N) is 2. The number of halogens is 1. The fourth-order valence-electron chi connectivity index (χ4n) is 6.16. The van der Waals surface area contributed by atoms with E-state index in [4.69, 9.17) is 5.10 Å². The van der Waals surface area contributed by atoms with Crippen LogP contribution >= 0.6 is 0 Å². The summed E-state index contributed by atoms with van der Waals surface area (Å²) in [4.78, 5) is 2.48. The summed E-state index contributed by atoms with van der Waals surface area (Å²) in [5, 5.41) is 31.7. The fourth-order valence-corrected chi connectivity index (χ4v) is 7.50. The lowest BCUT2D eigenvalue weighted by Gasteiger charge is -2.47. The number of aromatic nitrogens is 2. The number of fused-ring (bicyclic) bond motifs is 2. The van der Waals surface area contributed by atoms with Gasteiger partial charge in [-0.25, -0.2) is 12.8 Å². The Hall–Kier alpha value is -2.98. The van der Waals surface area contributed by atoms with E-state index in [0.29, 0.717) is 53.2 Å². The van der Waals surface area contributed by atoms with Crippen LogP contribution < -0.4 is 10.6 Å². The van der Waals surface area contributed by atoms with Crippen molar-refractivity contribution in [2.24, 2.45) is 0 Å². The maximum atomic E-state index is 13.4.